The zero-order valence-electron chi connectivity index (χ0n) is 12.4. The van der Waals surface area contributed by atoms with E-state index in [2.05, 4.69) is 19.7 Å². The second-order valence-corrected chi connectivity index (χ2v) is 4.06. The predicted octanol–water partition coefficient (Wildman–Crippen LogP) is 1.45. The Morgan fingerprint density at radius 1 is 1.05 bits per heavy atom. The molecule has 0 heterocycles. The van der Waals surface area contributed by atoms with Gasteiger partial charge in [0.25, 0.3) is 0 Å². The Kier molecular flexibility index (Phi) is 6.68. The number of ketones is 1. The third-order valence-corrected chi connectivity index (χ3v) is 2.64. The first-order chi connectivity index (χ1) is 10.5. The van der Waals surface area contributed by atoms with Crippen LogP contribution in [0.15, 0.2) is 34.5 Å². The molecule has 0 amide bonds. The van der Waals surface area contributed by atoms with E-state index in [1.807, 2.05) is 0 Å². The molecule has 1 aromatic carbocycles. The number of Topliss-reactive ketones (excluding diaryl/α,β-unsaturated/α-hetero) is 1. The monoisotopic (exact) mass is 308 g/mol. The lowest BCUT2D eigenvalue weighted by Crippen LogP contribution is -2.31. The Morgan fingerprint density at radius 2 is 1.68 bits per heavy atom. The van der Waals surface area contributed by atoms with Crippen molar-refractivity contribution in [1.29, 1.82) is 0 Å². The zero-order valence-corrected chi connectivity index (χ0v) is 12.4. The first-order valence-corrected chi connectivity index (χ1v) is 6.24. The van der Waals surface area contributed by atoms with Crippen LogP contribution in [0.3, 0.4) is 0 Å². The molecule has 0 N–H and O–H groups in total. The van der Waals surface area contributed by atoms with Gasteiger partial charge in [-0.2, -0.15) is 10.2 Å². The molecule has 22 heavy (non-hydrogen) atoms. The van der Waals surface area contributed by atoms with Crippen molar-refractivity contribution in [2.75, 3.05) is 21.3 Å². The first-order valence-electron chi connectivity index (χ1n) is 6.24. The average molecular weight is 308 g/mol. The maximum atomic E-state index is 11.9. The summed E-state index contributed by atoms with van der Waals surface area (Å²) in [5, 5.41) is 7.46. The Hall–Kier alpha value is -2.77. The van der Waals surface area contributed by atoms with Gasteiger partial charge >= 0.3 is 11.9 Å². The molecule has 0 bridgehead atoms. The summed E-state index contributed by atoms with van der Waals surface area (Å²) in [6, 6.07) is 4.99. The molecule has 1 atom stereocenters. The van der Waals surface area contributed by atoms with Crippen LogP contribution in [-0.4, -0.2) is 45.1 Å². The quantitative estimate of drug-likeness (QED) is 0.429. The fourth-order valence-corrected chi connectivity index (χ4v) is 1.44. The minimum Gasteiger partial charge on any atom is -0.497 e. The second kappa shape index (κ2) is 8.50. The van der Waals surface area contributed by atoms with Gasteiger partial charge in [0.05, 0.1) is 27.0 Å². The number of esters is 2. The topological polar surface area (TPSA) is 104 Å². The van der Waals surface area contributed by atoms with Gasteiger partial charge in [-0.25, -0.2) is 4.79 Å². The molecule has 0 aliphatic carbocycles. The molecule has 0 fully saturated rings. The number of hydrogen-bond donors (Lipinski definition) is 0. The van der Waals surface area contributed by atoms with Crippen molar-refractivity contribution in [1.82, 2.24) is 0 Å². The lowest BCUT2D eigenvalue weighted by Gasteiger charge is -2.07. The first kappa shape index (κ1) is 17.3. The van der Waals surface area contributed by atoms with E-state index in [0.29, 0.717) is 11.4 Å². The fraction of sp³-hybridized carbons (Fsp3) is 0.357. The van der Waals surface area contributed by atoms with Crippen LogP contribution >= 0.6 is 0 Å². The standard InChI is InChI=1S/C14H16N2O6/c1-20-10-6-4-9(5-7-10)15-16-13(14(19)22-3)11(17)8-12(18)21-2/h4-7,13H,8H2,1-3H3. The van der Waals surface area contributed by atoms with Crippen LogP contribution in [0, 0.1) is 0 Å². The number of benzene rings is 1. The number of nitrogens with zero attached hydrogens (tertiary/aromatic N) is 2. The SMILES string of the molecule is COC(=O)CC(=O)C(N=Nc1ccc(OC)cc1)C(=O)OC. The van der Waals surface area contributed by atoms with Crippen LogP contribution in [0.4, 0.5) is 5.69 Å². The molecule has 1 rings (SSSR count). The summed E-state index contributed by atoms with van der Waals surface area (Å²) in [6.45, 7) is 0. The zero-order chi connectivity index (χ0) is 16.5. The Balaban J connectivity index is 2.87. The Labute approximate surface area is 127 Å². The van der Waals surface area contributed by atoms with E-state index in [-0.39, 0.29) is 0 Å². The molecule has 8 nitrogen and oxygen atoms in total. The number of carbonyl (C=O) groups excluding carboxylic acids is 3. The van der Waals surface area contributed by atoms with Gasteiger partial charge in [0.1, 0.15) is 12.2 Å². The van der Waals surface area contributed by atoms with Gasteiger partial charge in [-0.15, -0.1) is 0 Å². The number of carbonyl (C=O) groups is 3. The molecule has 0 aliphatic heterocycles. The largest absolute Gasteiger partial charge is 0.497 e. The van der Waals surface area contributed by atoms with Crippen molar-refractivity contribution in [3.63, 3.8) is 0 Å². The van der Waals surface area contributed by atoms with E-state index in [4.69, 9.17) is 4.74 Å². The van der Waals surface area contributed by atoms with Gasteiger partial charge in [0.2, 0.25) is 6.04 Å². The lowest BCUT2D eigenvalue weighted by atomic mass is 10.1. The van der Waals surface area contributed by atoms with Crippen molar-refractivity contribution in [3.8, 4) is 5.75 Å². The van der Waals surface area contributed by atoms with Crippen LogP contribution in [0.5, 0.6) is 5.75 Å². The van der Waals surface area contributed by atoms with Crippen molar-refractivity contribution in [3.05, 3.63) is 24.3 Å². The third kappa shape index (κ3) is 4.97. The Bertz CT molecular complexity index is 567. The van der Waals surface area contributed by atoms with Crippen LogP contribution in [-0.2, 0) is 23.9 Å². The van der Waals surface area contributed by atoms with Crippen LogP contribution in [0.1, 0.15) is 6.42 Å². The fourth-order valence-electron chi connectivity index (χ4n) is 1.44. The van der Waals surface area contributed by atoms with Gasteiger partial charge in [0, 0.05) is 0 Å². The normalized spacial score (nSPS) is 11.8. The van der Waals surface area contributed by atoms with Crippen LogP contribution in [0.25, 0.3) is 0 Å². The average Bonchev–Trinajstić information content (AvgIpc) is 2.55. The lowest BCUT2D eigenvalue weighted by molar-refractivity contribution is -0.148. The second-order valence-electron chi connectivity index (χ2n) is 4.06. The summed E-state index contributed by atoms with van der Waals surface area (Å²) in [5.41, 5.74) is 0.417. The maximum absolute atomic E-state index is 11.9. The van der Waals surface area contributed by atoms with Gasteiger partial charge in [0.15, 0.2) is 5.78 Å². The highest BCUT2D eigenvalue weighted by molar-refractivity contribution is 6.09. The number of azo groups is 1. The molecular weight excluding hydrogens is 292 g/mol. The summed E-state index contributed by atoms with van der Waals surface area (Å²) in [4.78, 5) is 34.5. The molecule has 0 radical (unpaired) electrons. The third-order valence-electron chi connectivity index (χ3n) is 2.64. The molecule has 0 saturated heterocycles. The molecule has 118 valence electrons. The van der Waals surface area contributed by atoms with E-state index in [1.54, 1.807) is 24.3 Å². The molecule has 8 heteroatoms. The van der Waals surface area contributed by atoms with E-state index < -0.39 is 30.2 Å². The molecular formula is C14H16N2O6. The smallest absolute Gasteiger partial charge is 0.340 e. The summed E-state index contributed by atoms with van der Waals surface area (Å²) in [7, 11) is 3.78. The van der Waals surface area contributed by atoms with Crippen LogP contribution in [0.2, 0.25) is 0 Å². The highest BCUT2D eigenvalue weighted by Gasteiger charge is 2.29. The van der Waals surface area contributed by atoms with E-state index in [1.165, 1.54) is 7.11 Å². The summed E-state index contributed by atoms with van der Waals surface area (Å²) in [5.74, 6) is -1.79. The van der Waals surface area contributed by atoms with Gasteiger partial charge < -0.3 is 14.2 Å². The molecule has 1 unspecified atom stereocenters. The minimum absolute atomic E-state index is 0.417. The predicted molar refractivity (Wildman–Crippen MR) is 75.0 cm³/mol. The molecule has 1 aromatic rings. The van der Waals surface area contributed by atoms with Gasteiger partial charge in [-0.05, 0) is 24.3 Å². The van der Waals surface area contributed by atoms with Crippen molar-refractivity contribution >= 4 is 23.4 Å². The van der Waals surface area contributed by atoms with Crippen molar-refractivity contribution < 1.29 is 28.6 Å². The van der Waals surface area contributed by atoms with E-state index in [0.717, 1.165) is 14.2 Å². The highest BCUT2D eigenvalue weighted by atomic mass is 16.5. The number of hydrogen-bond acceptors (Lipinski definition) is 8. The Morgan fingerprint density at radius 3 is 2.18 bits per heavy atom. The summed E-state index contributed by atoms with van der Waals surface area (Å²) >= 11 is 0. The molecule has 0 saturated carbocycles. The highest BCUT2D eigenvalue weighted by Crippen LogP contribution is 2.18. The van der Waals surface area contributed by atoms with E-state index >= 15 is 0 Å². The molecule has 0 spiro atoms. The van der Waals surface area contributed by atoms with Gasteiger partial charge in [-0.1, -0.05) is 0 Å². The minimum atomic E-state index is -1.51. The number of methoxy groups -OCH3 is 3. The van der Waals surface area contributed by atoms with Crippen molar-refractivity contribution in [2.45, 2.75) is 12.5 Å². The molecule has 0 aromatic heterocycles. The van der Waals surface area contributed by atoms with E-state index in [9.17, 15) is 14.4 Å². The maximum Gasteiger partial charge on any atom is 0.340 e. The summed E-state index contributed by atoms with van der Waals surface area (Å²) < 4.78 is 13.9. The van der Waals surface area contributed by atoms with Crippen molar-refractivity contribution in [2.24, 2.45) is 10.2 Å². The van der Waals surface area contributed by atoms with Gasteiger partial charge in [-0.3, -0.25) is 9.59 Å². The number of rotatable bonds is 7. The number of ether oxygens (including phenoxy) is 3. The molecule has 0 aliphatic rings. The summed E-state index contributed by atoms with van der Waals surface area (Å²) in [6.07, 6.45) is -0.585. The van der Waals surface area contributed by atoms with Crippen LogP contribution < -0.4 is 4.74 Å².